The predicted octanol–water partition coefficient (Wildman–Crippen LogP) is 17.2. The smallest absolute Gasteiger partial charge is 0.0542 e. The van der Waals surface area contributed by atoms with E-state index in [-0.39, 0.29) is 0 Å². The van der Waals surface area contributed by atoms with E-state index in [1.807, 2.05) is 0 Å². The average Bonchev–Trinajstić information content (AvgIpc) is 3.93. The Morgan fingerprint density at radius 2 is 0.600 bits per heavy atom. The maximum absolute atomic E-state index is 2.45. The molecule has 2 nitrogen and oxygen atoms in total. The van der Waals surface area contributed by atoms with Gasteiger partial charge in [-0.3, -0.25) is 0 Å². The quantitative estimate of drug-likeness (QED) is 0.148. The number of aromatic nitrogens is 2. The molecule has 2 heterocycles. The lowest BCUT2D eigenvalue weighted by molar-refractivity contribution is 1.13. The van der Waals surface area contributed by atoms with Gasteiger partial charge in [0.1, 0.15) is 0 Å². The van der Waals surface area contributed by atoms with Crippen molar-refractivity contribution in [2.75, 3.05) is 0 Å². The molecule has 65 heavy (non-hydrogen) atoms. The average molecular weight is 827 g/mol. The van der Waals surface area contributed by atoms with Crippen molar-refractivity contribution in [2.45, 2.75) is 6.92 Å². The third kappa shape index (κ3) is 6.10. The zero-order chi connectivity index (χ0) is 43.0. The van der Waals surface area contributed by atoms with Crippen LogP contribution in [-0.4, -0.2) is 9.13 Å². The third-order valence-electron chi connectivity index (χ3n) is 13.5. The van der Waals surface area contributed by atoms with Crippen LogP contribution in [0.1, 0.15) is 5.56 Å². The summed E-state index contributed by atoms with van der Waals surface area (Å²) >= 11 is 0. The highest BCUT2D eigenvalue weighted by Gasteiger charge is 2.20. The molecule has 2 heteroatoms. The summed E-state index contributed by atoms with van der Waals surface area (Å²) in [6.45, 7) is 2.15. The summed E-state index contributed by atoms with van der Waals surface area (Å²) in [6.07, 6.45) is 0. The van der Waals surface area contributed by atoms with Gasteiger partial charge in [0.05, 0.1) is 22.4 Å². The number of rotatable bonds is 6. The van der Waals surface area contributed by atoms with E-state index in [4.69, 9.17) is 0 Å². The Morgan fingerprint density at radius 1 is 0.262 bits per heavy atom. The van der Waals surface area contributed by atoms with E-state index >= 15 is 0 Å². The van der Waals surface area contributed by atoms with Gasteiger partial charge in [0.15, 0.2) is 0 Å². The van der Waals surface area contributed by atoms with Crippen molar-refractivity contribution in [3.63, 3.8) is 0 Å². The first kappa shape index (κ1) is 37.1. The number of nitrogens with zero attached hydrogens (tertiary/aromatic N) is 2. The fourth-order valence-electron chi connectivity index (χ4n) is 10.4. The predicted molar refractivity (Wildman–Crippen MR) is 277 cm³/mol. The number of benzene rings is 11. The molecule has 0 aliphatic carbocycles. The van der Waals surface area contributed by atoms with Crippen molar-refractivity contribution in [3.05, 3.63) is 242 Å². The van der Waals surface area contributed by atoms with Gasteiger partial charge in [-0.15, -0.1) is 0 Å². The molecule has 0 saturated carbocycles. The van der Waals surface area contributed by atoms with Crippen LogP contribution in [-0.2, 0) is 0 Å². The van der Waals surface area contributed by atoms with Gasteiger partial charge >= 0.3 is 0 Å². The molecule has 0 aliphatic heterocycles. The van der Waals surface area contributed by atoms with Crippen LogP contribution >= 0.6 is 0 Å². The minimum Gasteiger partial charge on any atom is -0.309 e. The van der Waals surface area contributed by atoms with Crippen molar-refractivity contribution >= 4 is 64.9 Å². The van der Waals surface area contributed by atoms with Gasteiger partial charge in [0.25, 0.3) is 0 Å². The first-order valence-electron chi connectivity index (χ1n) is 22.5. The van der Waals surface area contributed by atoms with Gasteiger partial charge in [-0.05, 0) is 144 Å². The number of fused-ring (bicyclic) bond motifs is 6. The zero-order valence-corrected chi connectivity index (χ0v) is 35.9. The minimum atomic E-state index is 1.13. The molecule has 0 bridgehead atoms. The largest absolute Gasteiger partial charge is 0.309 e. The highest BCUT2D eigenvalue weighted by atomic mass is 15.0. The van der Waals surface area contributed by atoms with Crippen LogP contribution in [0.3, 0.4) is 0 Å². The lowest BCUT2D eigenvalue weighted by Gasteiger charge is -2.15. The Bertz CT molecular complexity index is 3850. The molecule has 0 radical (unpaired) electrons. The Kier molecular flexibility index (Phi) is 8.47. The van der Waals surface area contributed by atoms with Crippen LogP contribution in [0.4, 0.5) is 0 Å². The standard InChI is InChI=1S/C63H42N2/c1-41-23-25-43(26-24-41)59-38-51-40-60-50(39-61(51)65(59)53-33-29-45(30-34-53)63-56-21-11-7-17-48(56)36-49-18-8-12-22-57(49)63)37-58(42-13-3-2-4-14-42)64(60)52-31-27-44(28-32-52)62-54-19-9-5-15-46(54)35-47-16-6-10-20-55(47)62/h2-40H,1H3. The van der Waals surface area contributed by atoms with Crippen molar-refractivity contribution < 1.29 is 0 Å². The van der Waals surface area contributed by atoms with Gasteiger partial charge in [-0.1, -0.05) is 181 Å². The molecule has 0 saturated heterocycles. The van der Waals surface area contributed by atoms with Crippen molar-refractivity contribution in [1.82, 2.24) is 9.13 Å². The van der Waals surface area contributed by atoms with E-state index in [1.54, 1.807) is 0 Å². The van der Waals surface area contributed by atoms with Crippen LogP contribution in [0, 0.1) is 6.92 Å². The number of hydrogen-bond acceptors (Lipinski definition) is 0. The second-order valence-corrected chi connectivity index (χ2v) is 17.4. The normalized spacial score (nSPS) is 11.8. The molecule has 0 unspecified atom stereocenters. The van der Waals surface area contributed by atoms with Gasteiger partial charge in [0, 0.05) is 22.1 Å². The van der Waals surface area contributed by atoms with E-state index in [0.29, 0.717) is 0 Å². The summed E-state index contributed by atoms with van der Waals surface area (Å²) in [5, 5.41) is 12.5. The summed E-state index contributed by atoms with van der Waals surface area (Å²) in [6, 6.07) is 87.3. The summed E-state index contributed by atoms with van der Waals surface area (Å²) in [5.41, 5.74) is 15.5. The molecular weight excluding hydrogens is 785 g/mol. The highest BCUT2D eigenvalue weighted by molar-refractivity contribution is 6.14. The molecule has 2 aromatic heterocycles. The molecule has 0 amide bonds. The lowest BCUT2D eigenvalue weighted by Crippen LogP contribution is -1.98. The Morgan fingerprint density at radius 3 is 1.00 bits per heavy atom. The van der Waals surface area contributed by atoms with Crippen LogP contribution in [0.5, 0.6) is 0 Å². The zero-order valence-electron chi connectivity index (χ0n) is 35.9. The maximum Gasteiger partial charge on any atom is 0.0542 e. The Balaban J connectivity index is 0.997. The van der Waals surface area contributed by atoms with E-state index in [0.717, 1.165) is 22.8 Å². The third-order valence-corrected chi connectivity index (χ3v) is 13.5. The van der Waals surface area contributed by atoms with Crippen molar-refractivity contribution in [3.8, 4) is 56.1 Å². The Labute approximate surface area is 377 Å². The Hall–Kier alpha value is -8.46. The SMILES string of the molecule is Cc1ccc(-c2cc3cc4c(cc(-c5ccccc5)n4-c4ccc(-c5c6ccccc6cc6ccccc56)cc4)cc3n2-c2ccc(-c3c4ccccc4cc4ccccc34)cc2)cc1. The molecule has 13 rings (SSSR count). The molecule has 0 N–H and O–H groups in total. The summed E-state index contributed by atoms with van der Waals surface area (Å²) in [7, 11) is 0. The first-order valence-corrected chi connectivity index (χ1v) is 22.5. The topological polar surface area (TPSA) is 9.86 Å². The van der Waals surface area contributed by atoms with E-state index in [9.17, 15) is 0 Å². The maximum atomic E-state index is 2.45. The highest BCUT2D eigenvalue weighted by Crippen LogP contribution is 2.42. The molecule has 0 spiro atoms. The van der Waals surface area contributed by atoms with Crippen LogP contribution < -0.4 is 0 Å². The van der Waals surface area contributed by atoms with Crippen molar-refractivity contribution in [2.24, 2.45) is 0 Å². The van der Waals surface area contributed by atoms with Gasteiger partial charge in [-0.25, -0.2) is 0 Å². The molecular formula is C63H42N2. The molecule has 13 aromatic rings. The summed E-state index contributed by atoms with van der Waals surface area (Å²) in [5.74, 6) is 0. The second kappa shape index (κ2) is 14.8. The minimum absolute atomic E-state index is 1.13. The van der Waals surface area contributed by atoms with Crippen LogP contribution in [0.15, 0.2) is 237 Å². The van der Waals surface area contributed by atoms with Gasteiger partial charge in [0.2, 0.25) is 0 Å². The second-order valence-electron chi connectivity index (χ2n) is 17.4. The van der Waals surface area contributed by atoms with Gasteiger partial charge in [-0.2, -0.15) is 0 Å². The summed E-state index contributed by atoms with van der Waals surface area (Å²) < 4.78 is 4.90. The first-order chi connectivity index (χ1) is 32.1. The van der Waals surface area contributed by atoms with Gasteiger partial charge < -0.3 is 9.13 Å². The van der Waals surface area contributed by atoms with Crippen molar-refractivity contribution in [1.29, 1.82) is 0 Å². The monoisotopic (exact) mass is 826 g/mol. The molecule has 304 valence electrons. The molecule has 0 aliphatic rings. The number of hydrogen-bond donors (Lipinski definition) is 0. The van der Waals surface area contributed by atoms with E-state index in [1.165, 1.54) is 104 Å². The molecule has 0 atom stereocenters. The number of aryl methyl sites for hydroxylation is 1. The van der Waals surface area contributed by atoms with Crippen LogP contribution in [0.25, 0.3) is 121 Å². The molecule has 11 aromatic carbocycles. The fraction of sp³-hybridized carbons (Fsp3) is 0.0159. The van der Waals surface area contributed by atoms with E-state index in [2.05, 4.69) is 253 Å². The molecule has 0 fully saturated rings. The van der Waals surface area contributed by atoms with Crippen LogP contribution in [0.2, 0.25) is 0 Å². The fourth-order valence-corrected chi connectivity index (χ4v) is 10.4. The van der Waals surface area contributed by atoms with E-state index < -0.39 is 0 Å². The lowest BCUT2D eigenvalue weighted by atomic mass is 9.92. The summed E-state index contributed by atoms with van der Waals surface area (Å²) in [4.78, 5) is 0.